The third-order valence-electron chi connectivity index (χ3n) is 3.23. The van der Waals surface area contributed by atoms with Crippen molar-refractivity contribution >= 4 is 11.6 Å². The summed E-state index contributed by atoms with van der Waals surface area (Å²) in [7, 11) is 5.74. The fourth-order valence-corrected chi connectivity index (χ4v) is 2.22. The number of amides is 1. The van der Waals surface area contributed by atoms with Crippen LogP contribution in [-0.4, -0.2) is 34.7 Å². The Hall–Kier alpha value is -2.34. The van der Waals surface area contributed by atoms with Gasteiger partial charge in [0.2, 0.25) is 0 Å². The summed E-state index contributed by atoms with van der Waals surface area (Å²) < 4.78 is 1.48. The molecule has 1 heterocycles. The molecule has 112 valence electrons. The number of hydrogen-bond acceptors (Lipinski definition) is 4. The molecule has 1 aromatic heterocycles. The predicted octanol–water partition coefficient (Wildman–Crippen LogP) is 0.994. The van der Waals surface area contributed by atoms with Gasteiger partial charge in [-0.15, -0.1) is 0 Å². The molecule has 0 spiro atoms. The number of anilines is 1. The summed E-state index contributed by atoms with van der Waals surface area (Å²) in [4.78, 5) is 14.3. The molecule has 0 radical (unpaired) electrons. The summed E-state index contributed by atoms with van der Waals surface area (Å²) in [5.41, 5.74) is 8.82. The molecule has 0 saturated heterocycles. The van der Waals surface area contributed by atoms with E-state index in [1.54, 1.807) is 7.05 Å². The van der Waals surface area contributed by atoms with Crippen molar-refractivity contribution in [2.75, 3.05) is 19.8 Å². The molecule has 0 aliphatic heterocycles. The Labute approximate surface area is 124 Å². The number of benzene rings is 1. The molecule has 0 unspecified atom stereocenters. The van der Waals surface area contributed by atoms with E-state index in [4.69, 9.17) is 5.73 Å². The molecule has 6 nitrogen and oxygen atoms in total. The zero-order valence-electron chi connectivity index (χ0n) is 12.6. The molecular formula is C15H21N5O. The molecule has 0 bridgehead atoms. The maximum atomic E-state index is 12.2. The molecular weight excluding hydrogens is 266 g/mol. The summed E-state index contributed by atoms with van der Waals surface area (Å²) in [6.45, 7) is 1.30. The number of aromatic nitrogens is 2. The molecule has 2 aromatic rings. The van der Waals surface area contributed by atoms with Gasteiger partial charge in [-0.2, -0.15) is 5.10 Å². The zero-order chi connectivity index (χ0) is 15.4. The second-order valence-electron chi connectivity index (χ2n) is 5.26. The highest BCUT2D eigenvalue weighted by molar-refractivity contribution is 5.97. The third-order valence-corrected chi connectivity index (χ3v) is 3.23. The van der Waals surface area contributed by atoms with Gasteiger partial charge in [-0.05, 0) is 25.2 Å². The maximum absolute atomic E-state index is 12.2. The second-order valence-corrected chi connectivity index (χ2v) is 5.26. The van der Waals surface area contributed by atoms with Crippen LogP contribution in [0.1, 0.15) is 21.6 Å². The van der Waals surface area contributed by atoms with Gasteiger partial charge in [0.15, 0.2) is 0 Å². The van der Waals surface area contributed by atoms with Crippen molar-refractivity contribution in [3.63, 3.8) is 0 Å². The molecule has 0 saturated carbocycles. The Bertz CT molecular complexity index is 613. The van der Waals surface area contributed by atoms with E-state index < -0.39 is 0 Å². The van der Waals surface area contributed by atoms with E-state index in [0.29, 0.717) is 17.9 Å². The van der Waals surface area contributed by atoms with E-state index in [-0.39, 0.29) is 5.91 Å². The number of carbonyl (C=O) groups excluding carboxylic acids is 1. The molecule has 1 aromatic carbocycles. The molecule has 3 N–H and O–H groups in total. The minimum Gasteiger partial charge on any atom is -0.396 e. The van der Waals surface area contributed by atoms with Crippen molar-refractivity contribution in [3.8, 4) is 0 Å². The summed E-state index contributed by atoms with van der Waals surface area (Å²) in [5.74, 6) is -0.216. The molecule has 0 aliphatic rings. The van der Waals surface area contributed by atoms with Gasteiger partial charge >= 0.3 is 0 Å². The smallest absolute Gasteiger partial charge is 0.271 e. The van der Waals surface area contributed by atoms with E-state index in [1.165, 1.54) is 16.4 Å². The third kappa shape index (κ3) is 3.61. The van der Waals surface area contributed by atoms with Gasteiger partial charge in [-0.1, -0.05) is 24.3 Å². The van der Waals surface area contributed by atoms with Gasteiger partial charge in [0.1, 0.15) is 5.69 Å². The van der Waals surface area contributed by atoms with Crippen LogP contribution < -0.4 is 11.1 Å². The van der Waals surface area contributed by atoms with E-state index in [9.17, 15) is 4.79 Å². The minimum atomic E-state index is -0.216. The lowest BCUT2D eigenvalue weighted by molar-refractivity contribution is 0.0942. The Morgan fingerprint density at radius 3 is 2.57 bits per heavy atom. The van der Waals surface area contributed by atoms with Crippen LogP contribution in [0.2, 0.25) is 0 Å². The molecule has 2 rings (SSSR count). The minimum absolute atomic E-state index is 0.216. The van der Waals surface area contributed by atoms with Crippen LogP contribution in [0.3, 0.4) is 0 Å². The highest BCUT2D eigenvalue weighted by Gasteiger charge is 2.15. The van der Waals surface area contributed by atoms with Crippen LogP contribution in [0.15, 0.2) is 30.5 Å². The van der Waals surface area contributed by atoms with Gasteiger partial charge in [-0.3, -0.25) is 9.48 Å². The molecule has 0 atom stereocenters. The van der Waals surface area contributed by atoms with E-state index in [0.717, 1.165) is 12.1 Å². The number of rotatable bonds is 5. The number of aryl methyl sites for hydroxylation is 1. The summed E-state index contributed by atoms with van der Waals surface area (Å²) in [5, 5.41) is 6.87. The normalized spacial score (nSPS) is 10.9. The predicted molar refractivity (Wildman–Crippen MR) is 82.6 cm³/mol. The van der Waals surface area contributed by atoms with E-state index >= 15 is 0 Å². The van der Waals surface area contributed by atoms with Crippen molar-refractivity contribution in [2.45, 2.75) is 13.1 Å². The Balaban J connectivity index is 2.08. The van der Waals surface area contributed by atoms with Gasteiger partial charge in [-0.25, -0.2) is 0 Å². The first-order chi connectivity index (χ1) is 9.99. The topological polar surface area (TPSA) is 76.2 Å². The van der Waals surface area contributed by atoms with Crippen molar-refractivity contribution in [2.24, 2.45) is 7.05 Å². The molecule has 0 aliphatic carbocycles. The monoisotopic (exact) mass is 287 g/mol. The quantitative estimate of drug-likeness (QED) is 0.860. The zero-order valence-corrected chi connectivity index (χ0v) is 12.6. The Morgan fingerprint density at radius 1 is 1.33 bits per heavy atom. The maximum Gasteiger partial charge on any atom is 0.271 e. The summed E-state index contributed by atoms with van der Waals surface area (Å²) in [6.07, 6.45) is 1.48. The number of nitrogens with zero attached hydrogens (tertiary/aromatic N) is 3. The second kappa shape index (κ2) is 6.41. The van der Waals surface area contributed by atoms with Crippen molar-refractivity contribution in [1.82, 2.24) is 20.0 Å². The van der Waals surface area contributed by atoms with Gasteiger partial charge < -0.3 is 16.0 Å². The van der Waals surface area contributed by atoms with E-state index in [2.05, 4.69) is 21.4 Å². The lowest BCUT2D eigenvalue weighted by Crippen LogP contribution is -2.26. The molecule has 6 heteroatoms. The molecule has 1 amide bonds. The van der Waals surface area contributed by atoms with Crippen LogP contribution >= 0.6 is 0 Å². The van der Waals surface area contributed by atoms with Crippen LogP contribution in [0.5, 0.6) is 0 Å². The SMILES string of the molecule is CN(C)Cc1ccccc1CNC(=O)c1c(N)cnn1C. The van der Waals surface area contributed by atoms with Crippen LogP contribution in [0.25, 0.3) is 0 Å². The number of nitrogens with one attached hydrogen (secondary N) is 1. The first-order valence-corrected chi connectivity index (χ1v) is 6.76. The standard InChI is InChI=1S/C15H21N5O/c1-19(2)10-12-7-5-4-6-11(12)8-17-15(21)14-13(16)9-18-20(14)3/h4-7,9H,8,10,16H2,1-3H3,(H,17,21). The number of carbonyl (C=O) groups is 1. The average Bonchev–Trinajstić information content (AvgIpc) is 2.76. The number of nitrogen functional groups attached to an aromatic ring is 1. The van der Waals surface area contributed by atoms with E-state index in [1.807, 2.05) is 32.3 Å². The lowest BCUT2D eigenvalue weighted by atomic mass is 10.1. The first kappa shape index (κ1) is 15.1. The van der Waals surface area contributed by atoms with Crippen LogP contribution in [0, 0.1) is 0 Å². The lowest BCUT2D eigenvalue weighted by Gasteiger charge is -2.14. The average molecular weight is 287 g/mol. The summed E-state index contributed by atoms with van der Waals surface area (Å²) in [6, 6.07) is 8.06. The van der Waals surface area contributed by atoms with Gasteiger partial charge in [0.25, 0.3) is 5.91 Å². The Morgan fingerprint density at radius 2 is 2.00 bits per heavy atom. The van der Waals surface area contributed by atoms with Crippen LogP contribution in [0.4, 0.5) is 5.69 Å². The molecule has 21 heavy (non-hydrogen) atoms. The van der Waals surface area contributed by atoms with Gasteiger partial charge in [0.05, 0.1) is 11.9 Å². The van der Waals surface area contributed by atoms with Gasteiger partial charge in [0, 0.05) is 20.1 Å². The number of nitrogens with two attached hydrogens (primary N) is 1. The van der Waals surface area contributed by atoms with Crippen molar-refractivity contribution in [1.29, 1.82) is 0 Å². The largest absolute Gasteiger partial charge is 0.396 e. The first-order valence-electron chi connectivity index (χ1n) is 6.76. The number of hydrogen-bond donors (Lipinski definition) is 2. The molecule has 0 fully saturated rings. The highest BCUT2D eigenvalue weighted by atomic mass is 16.2. The van der Waals surface area contributed by atoms with Crippen LogP contribution in [-0.2, 0) is 20.1 Å². The fourth-order valence-electron chi connectivity index (χ4n) is 2.22. The fraction of sp³-hybridized carbons (Fsp3) is 0.333. The van der Waals surface area contributed by atoms with Crippen molar-refractivity contribution in [3.05, 3.63) is 47.3 Å². The van der Waals surface area contributed by atoms with Crippen molar-refractivity contribution < 1.29 is 4.79 Å². The summed E-state index contributed by atoms with van der Waals surface area (Å²) >= 11 is 0. The highest BCUT2D eigenvalue weighted by Crippen LogP contribution is 2.12. The Kier molecular flexibility index (Phi) is 4.59.